The molecule has 0 fully saturated rings. The maximum atomic E-state index is 11.8. The quantitative estimate of drug-likeness (QED) is 0.435. The highest BCUT2D eigenvalue weighted by Gasteiger charge is 2.18. The Kier molecular flexibility index (Phi) is 5.98. The van der Waals surface area contributed by atoms with Crippen LogP contribution in [0.4, 0.5) is 11.5 Å². The maximum absolute atomic E-state index is 11.8. The predicted molar refractivity (Wildman–Crippen MR) is 123 cm³/mol. The maximum Gasteiger partial charge on any atom is 0.252 e. The first kappa shape index (κ1) is 21.2. The van der Waals surface area contributed by atoms with Gasteiger partial charge in [-0.25, -0.2) is 9.97 Å². The van der Waals surface area contributed by atoms with Gasteiger partial charge in [0.05, 0.1) is 30.1 Å². The smallest absolute Gasteiger partial charge is 0.252 e. The van der Waals surface area contributed by atoms with Crippen molar-refractivity contribution in [3.05, 3.63) is 54.5 Å². The average molecular weight is 432 g/mol. The Morgan fingerprint density at radius 1 is 1.22 bits per heavy atom. The van der Waals surface area contributed by atoms with Crippen molar-refractivity contribution in [2.75, 3.05) is 12.4 Å². The highest BCUT2D eigenvalue weighted by atomic mass is 16.5. The highest BCUT2D eigenvalue weighted by Crippen LogP contribution is 2.31. The monoisotopic (exact) mass is 431 g/mol. The van der Waals surface area contributed by atoms with Crippen LogP contribution in [0, 0.1) is 5.92 Å². The van der Waals surface area contributed by atoms with Crippen LogP contribution in [0.25, 0.3) is 22.4 Å². The number of methoxy groups -OCH3 is 1. The molecular formula is C23H25N7O2. The Morgan fingerprint density at radius 3 is 2.78 bits per heavy atom. The predicted octanol–water partition coefficient (Wildman–Crippen LogP) is 3.79. The van der Waals surface area contributed by atoms with Gasteiger partial charge in [-0.15, -0.1) is 0 Å². The summed E-state index contributed by atoms with van der Waals surface area (Å²) in [7, 11) is 1.53. The number of pyridine rings is 1. The number of ether oxygens (including phenoxy) is 1. The third kappa shape index (κ3) is 4.22. The zero-order chi connectivity index (χ0) is 22.7. The van der Waals surface area contributed by atoms with E-state index in [9.17, 15) is 4.79 Å². The normalized spacial score (nSPS) is 11.1. The van der Waals surface area contributed by atoms with Gasteiger partial charge < -0.3 is 15.8 Å². The molecule has 0 saturated heterocycles. The number of amides is 1. The molecule has 3 N–H and O–H groups in total. The number of benzene rings is 1. The molecule has 0 saturated carbocycles. The molecule has 4 aromatic rings. The van der Waals surface area contributed by atoms with Gasteiger partial charge in [0.1, 0.15) is 5.69 Å². The Morgan fingerprint density at radius 2 is 2.03 bits per heavy atom. The van der Waals surface area contributed by atoms with Gasteiger partial charge in [0.15, 0.2) is 17.4 Å². The summed E-state index contributed by atoms with van der Waals surface area (Å²) in [4.78, 5) is 24.9. The first-order chi connectivity index (χ1) is 15.5. The SMILES string of the molecule is COc1cnc(-c2nn(CCC(C)C)c3ccccc23)nc1Nc1ccncc1C(N)=O. The van der Waals surface area contributed by atoms with E-state index < -0.39 is 5.91 Å². The molecule has 0 atom stereocenters. The summed E-state index contributed by atoms with van der Waals surface area (Å²) >= 11 is 0. The highest BCUT2D eigenvalue weighted by molar-refractivity contribution is 5.99. The van der Waals surface area contributed by atoms with E-state index in [-0.39, 0.29) is 5.56 Å². The molecular weight excluding hydrogens is 406 g/mol. The minimum atomic E-state index is -0.594. The van der Waals surface area contributed by atoms with E-state index in [1.54, 1.807) is 18.5 Å². The van der Waals surface area contributed by atoms with Crippen molar-refractivity contribution in [2.45, 2.75) is 26.8 Å². The third-order valence-corrected chi connectivity index (χ3v) is 5.10. The summed E-state index contributed by atoms with van der Waals surface area (Å²) in [6, 6.07) is 9.68. The molecule has 0 bridgehead atoms. The molecule has 0 aliphatic heterocycles. The van der Waals surface area contributed by atoms with Crippen molar-refractivity contribution in [2.24, 2.45) is 11.7 Å². The van der Waals surface area contributed by atoms with E-state index in [0.717, 1.165) is 23.9 Å². The average Bonchev–Trinajstić information content (AvgIpc) is 3.16. The molecule has 3 aromatic heterocycles. The van der Waals surface area contributed by atoms with Crippen LogP contribution in [0.15, 0.2) is 48.9 Å². The molecule has 0 aliphatic rings. The summed E-state index contributed by atoms with van der Waals surface area (Å²) in [5, 5.41) is 8.91. The number of nitrogens with two attached hydrogens (primary N) is 1. The Hall–Kier alpha value is -4.01. The van der Waals surface area contributed by atoms with Crippen LogP contribution >= 0.6 is 0 Å². The molecule has 164 valence electrons. The number of primary amides is 1. The molecule has 9 nitrogen and oxygen atoms in total. The zero-order valence-corrected chi connectivity index (χ0v) is 18.2. The third-order valence-electron chi connectivity index (χ3n) is 5.10. The van der Waals surface area contributed by atoms with Gasteiger partial charge in [0.2, 0.25) is 0 Å². The number of fused-ring (bicyclic) bond motifs is 1. The number of carbonyl (C=O) groups excluding carboxylic acids is 1. The zero-order valence-electron chi connectivity index (χ0n) is 18.2. The van der Waals surface area contributed by atoms with Gasteiger partial charge in [-0.3, -0.25) is 14.5 Å². The second-order valence-corrected chi connectivity index (χ2v) is 7.79. The number of para-hydroxylation sites is 1. The second-order valence-electron chi connectivity index (χ2n) is 7.79. The van der Waals surface area contributed by atoms with Crippen LogP contribution < -0.4 is 15.8 Å². The second kappa shape index (κ2) is 9.01. The van der Waals surface area contributed by atoms with Crippen molar-refractivity contribution >= 4 is 28.3 Å². The number of nitrogens with one attached hydrogen (secondary N) is 1. The molecule has 0 radical (unpaired) electrons. The molecule has 3 heterocycles. The van der Waals surface area contributed by atoms with Crippen molar-refractivity contribution in [3.8, 4) is 17.3 Å². The number of aromatic nitrogens is 5. The standard InChI is InChI=1S/C23H25N7O2/c1-14(2)9-11-30-18-7-5-4-6-15(18)20(29-30)23-26-13-19(32-3)22(28-23)27-17-8-10-25-12-16(17)21(24)31/h4-8,10,12-14H,9,11H2,1-3H3,(H2,24,31)(H,25,26,27,28). The molecule has 1 amide bonds. The lowest BCUT2D eigenvalue weighted by Crippen LogP contribution is -2.14. The fraction of sp³-hybridized carbons (Fsp3) is 0.261. The summed E-state index contributed by atoms with van der Waals surface area (Å²) in [5.74, 6) is 1.23. The Bertz CT molecular complexity index is 1270. The van der Waals surface area contributed by atoms with Crippen LogP contribution in [0.5, 0.6) is 5.75 Å². The lowest BCUT2D eigenvalue weighted by molar-refractivity contribution is 0.100. The lowest BCUT2D eigenvalue weighted by atomic mass is 10.1. The molecule has 4 rings (SSSR count). The van der Waals surface area contributed by atoms with Crippen LogP contribution in [0.2, 0.25) is 0 Å². The van der Waals surface area contributed by atoms with Crippen molar-refractivity contribution in [3.63, 3.8) is 0 Å². The largest absolute Gasteiger partial charge is 0.491 e. The van der Waals surface area contributed by atoms with Gasteiger partial charge in [0.25, 0.3) is 5.91 Å². The fourth-order valence-electron chi connectivity index (χ4n) is 3.39. The van der Waals surface area contributed by atoms with Gasteiger partial charge >= 0.3 is 0 Å². The van der Waals surface area contributed by atoms with E-state index in [1.165, 1.54) is 13.3 Å². The number of hydrogen-bond acceptors (Lipinski definition) is 7. The van der Waals surface area contributed by atoms with E-state index in [4.69, 9.17) is 15.6 Å². The topological polar surface area (TPSA) is 121 Å². The van der Waals surface area contributed by atoms with Gasteiger partial charge in [-0.2, -0.15) is 5.10 Å². The van der Waals surface area contributed by atoms with Gasteiger partial charge in [-0.05, 0) is 24.5 Å². The fourth-order valence-corrected chi connectivity index (χ4v) is 3.39. The minimum Gasteiger partial charge on any atom is -0.491 e. The summed E-state index contributed by atoms with van der Waals surface area (Å²) in [5.41, 5.74) is 7.91. The molecule has 0 unspecified atom stereocenters. The van der Waals surface area contributed by atoms with E-state index in [0.29, 0.717) is 34.7 Å². The molecule has 0 spiro atoms. The lowest BCUT2D eigenvalue weighted by Gasteiger charge is -2.12. The minimum absolute atomic E-state index is 0.248. The van der Waals surface area contributed by atoms with Crippen molar-refractivity contribution < 1.29 is 9.53 Å². The van der Waals surface area contributed by atoms with Crippen molar-refractivity contribution in [1.29, 1.82) is 0 Å². The van der Waals surface area contributed by atoms with Crippen LogP contribution in [-0.2, 0) is 6.54 Å². The summed E-state index contributed by atoms with van der Waals surface area (Å²) < 4.78 is 7.42. The van der Waals surface area contributed by atoms with E-state index in [2.05, 4.69) is 34.1 Å². The summed E-state index contributed by atoms with van der Waals surface area (Å²) in [6.45, 7) is 5.19. The number of aryl methyl sites for hydroxylation is 1. The Balaban J connectivity index is 1.78. The number of anilines is 2. The van der Waals surface area contributed by atoms with E-state index in [1.807, 2.05) is 28.9 Å². The number of nitrogens with zero attached hydrogens (tertiary/aromatic N) is 5. The first-order valence-corrected chi connectivity index (χ1v) is 10.4. The Labute approximate surface area is 185 Å². The van der Waals surface area contributed by atoms with Crippen LogP contribution in [0.3, 0.4) is 0 Å². The van der Waals surface area contributed by atoms with Crippen LogP contribution in [0.1, 0.15) is 30.6 Å². The first-order valence-electron chi connectivity index (χ1n) is 10.4. The molecule has 9 heteroatoms. The number of rotatable bonds is 8. The summed E-state index contributed by atoms with van der Waals surface area (Å²) in [6.07, 6.45) is 5.56. The van der Waals surface area contributed by atoms with Crippen LogP contribution in [-0.4, -0.2) is 37.7 Å². The number of hydrogen-bond donors (Lipinski definition) is 2. The van der Waals surface area contributed by atoms with Gasteiger partial charge in [-0.1, -0.05) is 32.0 Å². The van der Waals surface area contributed by atoms with Crippen molar-refractivity contribution in [1.82, 2.24) is 24.7 Å². The molecule has 32 heavy (non-hydrogen) atoms. The number of carbonyl (C=O) groups is 1. The molecule has 1 aromatic carbocycles. The van der Waals surface area contributed by atoms with Gasteiger partial charge in [0, 0.05) is 24.3 Å². The van der Waals surface area contributed by atoms with E-state index >= 15 is 0 Å². The molecule has 0 aliphatic carbocycles.